The fourth-order valence-electron chi connectivity index (χ4n) is 1.84. The molecule has 0 spiro atoms. The molecular weight excluding hydrogens is 276 g/mol. The predicted octanol–water partition coefficient (Wildman–Crippen LogP) is 1.52. The summed E-state index contributed by atoms with van der Waals surface area (Å²) in [6.07, 6.45) is 0.805. The highest BCUT2D eigenvalue weighted by atomic mass is 16.6. The molecule has 1 N–H and O–H groups in total. The first kappa shape index (κ1) is 17.1. The van der Waals surface area contributed by atoms with Crippen LogP contribution in [0.4, 0.5) is 17.3 Å². The van der Waals surface area contributed by atoms with Gasteiger partial charge in [0.1, 0.15) is 11.6 Å². The number of anilines is 2. The third-order valence-corrected chi connectivity index (χ3v) is 2.93. The second-order valence-corrected chi connectivity index (χ2v) is 4.40. The van der Waals surface area contributed by atoms with Gasteiger partial charge in [-0.1, -0.05) is 0 Å². The van der Waals surface area contributed by atoms with Crippen LogP contribution >= 0.6 is 0 Å². The van der Waals surface area contributed by atoms with E-state index in [2.05, 4.69) is 10.3 Å². The fourth-order valence-corrected chi connectivity index (χ4v) is 1.84. The van der Waals surface area contributed by atoms with E-state index in [1.54, 1.807) is 21.3 Å². The van der Waals surface area contributed by atoms with Crippen molar-refractivity contribution in [3.8, 4) is 0 Å². The van der Waals surface area contributed by atoms with Gasteiger partial charge < -0.3 is 19.7 Å². The zero-order valence-electron chi connectivity index (χ0n) is 12.7. The number of nitrogens with zero attached hydrogens (tertiary/aromatic N) is 3. The van der Waals surface area contributed by atoms with Gasteiger partial charge in [-0.05, 0) is 6.42 Å². The molecule has 0 saturated heterocycles. The van der Waals surface area contributed by atoms with Gasteiger partial charge in [0.2, 0.25) is 0 Å². The molecule has 1 heterocycles. The standard InChI is InChI=1S/C13H22N4O4/c1-14-12-9-11(17(18)19)10-13(15-12)16(6-8-21-3)5-4-7-20-2/h9-10H,4-8H2,1-3H3,(H,14,15). The summed E-state index contributed by atoms with van der Waals surface area (Å²) in [6, 6.07) is 2.89. The third kappa shape index (κ3) is 5.52. The number of aromatic nitrogens is 1. The maximum absolute atomic E-state index is 11.0. The molecule has 0 amide bonds. The second kappa shape index (κ2) is 9.09. The summed E-state index contributed by atoms with van der Waals surface area (Å²) in [4.78, 5) is 16.9. The molecule has 21 heavy (non-hydrogen) atoms. The Kier molecular flexibility index (Phi) is 7.41. The minimum absolute atomic E-state index is 0.0125. The maximum Gasteiger partial charge on any atom is 0.276 e. The van der Waals surface area contributed by atoms with Gasteiger partial charge in [-0.3, -0.25) is 10.1 Å². The van der Waals surface area contributed by atoms with Gasteiger partial charge in [0, 0.05) is 41.0 Å². The van der Waals surface area contributed by atoms with Crippen molar-refractivity contribution in [3.05, 3.63) is 22.2 Å². The maximum atomic E-state index is 11.0. The number of nitrogens with one attached hydrogen (secondary N) is 1. The lowest BCUT2D eigenvalue weighted by molar-refractivity contribution is -0.384. The highest BCUT2D eigenvalue weighted by Crippen LogP contribution is 2.23. The average molecular weight is 298 g/mol. The van der Waals surface area contributed by atoms with Gasteiger partial charge in [-0.15, -0.1) is 0 Å². The van der Waals surface area contributed by atoms with E-state index in [-0.39, 0.29) is 5.69 Å². The SMILES string of the molecule is CNc1cc([N+](=O)[O-])cc(N(CCCOC)CCOC)n1. The normalized spacial score (nSPS) is 10.4. The molecule has 0 bridgehead atoms. The number of pyridine rings is 1. The lowest BCUT2D eigenvalue weighted by Crippen LogP contribution is -2.30. The Balaban J connectivity index is 2.97. The monoisotopic (exact) mass is 298 g/mol. The van der Waals surface area contributed by atoms with Gasteiger partial charge in [0.15, 0.2) is 0 Å². The van der Waals surface area contributed by atoms with Crippen LogP contribution in [0.15, 0.2) is 12.1 Å². The van der Waals surface area contributed by atoms with E-state index in [9.17, 15) is 10.1 Å². The molecule has 0 saturated carbocycles. The van der Waals surface area contributed by atoms with Crippen molar-refractivity contribution in [2.45, 2.75) is 6.42 Å². The second-order valence-electron chi connectivity index (χ2n) is 4.40. The summed E-state index contributed by atoms with van der Waals surface area (Å²) in [7, 11) is 4.94. The van der Waals surface area contributed by atoms with Crippen molar-refractivity contribution in [3.63, 3.8) is 0 Å². The van der Waals surface area contributed by atoms with Crippen LogP contribution in [0.1, 0.15) is 6.42 Å². The van der Waals surface area contributed by atoms with Crippen LogP contribution in [-0.2, 0) is 9.47 Å². The Morgan fingerprint density at radius 3 is 2.57 bits per heavy atom. The summed E-state index contributed by atoms with van der Waals surface area (Å²) < 4.78 is 10.1. The third-order valence-electron chi connectivity index (χ3n) is 2.93. The Hall–Kier alpha value is -1.93. The number of hydrogen-bond donors (Lipinski definition) is 1. The molecule has 8 heteroatoms. The van der Waals surface area contributed by atoms with E-state index in [1.165, 1.54) is 12.1 Å². The highest BCUT2D eigenvalue weighted by molar-refractivity contribution is 5.55. The Bertz CT molecular complexity index is 456. The molecule has 0 atom stereocenters. The fraction of sp³-hybridized carbons (Fsp3) is 0.615. The molecule has 1 aromatic rings. The van der Waals surface area contributed by atoms with E-state index in [0.29, 0.717) is 37.9 Å². The topological polar surface area (TPSA) is 89.8 Å². The first-order chi connectivity index (χ1) is 10.1. The molecule has 0 aliphatic heterocycles. The Morgan fingerprint density at radius 1 is 1.29 bits per heavy atom. The van der Waals surface area contributed by atoms with E-state index >= 15 is 0 Å². The van der Waals surface area contributed by atoms with Crippen molar-refractivity contribution in [1.82, 2.24) is 4.98 Å². The summed E-state index contributed by atoms with van der Waals surface area (Å²) in [6.45, 7) is 2.44. The van der Waals surface area contributed by atoms with Crippen LogP contribution in [-0.4, -0.2) is 57.5 Å². The van der Waals surface area contributed by atoms with Crippen LogP contribution in [0.25, 0.3) is 0 Å². The Morgan fingerprint density at radius 2 is 2.00 bits per heavy atom. The van der Waals surface area contributed by atoms with Gasteiger partial charge >= 0.3 is 0 Å². The van der Waals surface area contributed by atoms with Crippen LogP contribution in [0.2, 0.25) is 0 Å². The molecule has 0 fully saturated rings. The van der Waals surface area contributed by atoms with Crippen molar-refractivity contribution < 1.29 is 14.4 Å². The summed E-state index contributed by atoms with van der Waals surface area (Å²) in [5, 5.41) is 13.8. The van der Waals surface area contributed by atoms with E-state index in [0.717, 1.165) is 6.42 Å². The van der Waals surface area contributed by atoms with Crippen LogP contribution in [0.5, 0.6) is 0 Å². The van der Waals surface area contributed by atoms with Crippen molar-refractivity contribution >= 4 is 17.3 Å². The molecule has 0 aromatic carbocycles. The summed E-state index contributed by atoms with van der Waals surface area (Å²) in [5.41, 5.74) is 0.0125. The van der Waals surface area contributed by atoms with Crippen LogP contribution < -0.4 is 10.2 Å². The summed E-state index contributed by atoms with van der Waals surface area (Å²) in [5.74, 6) is 1.02. The number of methoxy groups -OCH3 is 2. The van der Waals surface area contributed by atoms with E-state index in [4.69, 9.17) is 9.47 Å². The van der Waals surface area contributed by atoms with Gasteiger partial charge in [0.05, 0.1) is 23.7 Å². The minimum atomic E-state index is -0.421. The lowest BCUT2D eigenvalue weighted by atomic mass is 10.3. The predicted molar refractivity (Wildman–Crippen MR) is 81.0 cm³/mol. The molecule has 1 rings (SSSR count). The van der Waals surface area contributed by atoms with Crippen LogP contribution in [0.3, 0.4) is 0 Å². The number of ether oxygens (including phenoxy) is 2. The van der Waals surface area contributed by atoms with Crippen molar-refractivity contribution in [1.29, 1.82) is 0 Å². The molecule has 118 valence electrons. The Labute approximate surface area is 124 Å². The average Bonchev–Trinajstić information content (AvgIpc) is 2.50. The molecule has 1 aromatic heterocycles. The largest absolute Gasteiger partial charge is 0.385 e. The number of rotatable bonds is 10. The number of hydrogen-bond acceptors (Lipinski definition) is 7. The molecular formula is C13H22N4O4. The molecule has 8 nitrogen and oxygen atoms in total. The molecule has 0 aliphatic rings. The van der Waals surface area contributed by atoms with Crippen molar-refractivity contribution in [2.75, 3.05) is 57.8 Å². The van der Waals surface area contributed by atoms with Gasteiger partial charge in [-0.25, -0.2) is 4.98 Å². The molecule has 0 unspecified atom stereocenters. The highest BCUT2D eigenvalue weighted by Gasteiger charge is 2.15. The smallest absolute Gasteiger partial charge is 0.276 e. The number of nitro groups is 1. The van der Waals surface area contributed by atoms with E-state index in [1.807, 2.05) is 4.90 Å². The first-order valence-corrected chi connectivity index (χ1v) is 6.69. The quantitative estimate of drug-likeness (QED) is 0.398. The first-order valence-electron chi connectivity index (χ1n) is 6.69. The lowest BCUT2D eigenvalue weighted by Gasteiger charge is -2.23. The summed E-state index contributed by atoms with van der Waals surface area (Å²) >= 11 is 0. The van der Waals surface area contributed by atoms with Crippen molar-refractivity contribution in [2.24, 2.45) is 0 Å². The zero-order valence-corrected chi connectivity index (χ0v) is 12.7. The minimum Gasteiger partial charge on any atom is -0.385 e. The molecule has 0 aliphatic carbocycles. The van der Waals surface area contributed by atoms with E-state index < -0.39 is 4.92 Å². The van der Waals surface area contributed by atoms with Gasteiger partial charge in [-0.2, -0.15) is 0 Å². The van der Waals surface area contributed by atoms with Gasteiger partial charge in [0.25, 0.3) is 5.69 Å². The molecule has 0 radical (unpaired) electrons. The zero-order chi connectivity index (χ0) is 15.7. The van der Waals surface area contributed by atoms with Crippen LogP contribution in [0, 0.1) is 10.1 Å².